The number of carbonyl (C=O) groups is 1. The molecule has 8 nitrogen and oxygen atoms in total. The fraction of sp³-hybridized carbons (Fsp3) is 0.292. The summed E-state index contributed by atoms with van der Waals surface area (Å²) in [5, 5.41) is 14.2. The van der Waals surface area contributed by atoms with Gasteiger partial charge in [0.2, 0.25) is 5.82 Å². The zero-order valence-corrected chi connectivity index (χ0v) is 18.3. The highest BCUT2D eigenvalue weighted by molar-refractivity contribution is 5.95. The second kappa shape index (κ2) is 9.13. The number of para-hydroxylation sites is 1. The van der Waals surface area contributed by atoms with Gasteiger partial charge in [0.25, 0.3) is 5.89 Å². The second-order valence-electron chi connectivity index (χ2n) is 7.31. The summed E-state index contributed by atoms with van der Waals surface area (Å²) in [5.74, 6) is 1.31. The van der Waals surface area contributed by atoms with Crippen LogP contribution in [-0.2, 0) is 18.3 Å². The molecule has 2 aromatic carbocycles. The van der Waals surface area contributed by atoms with Gasteiger partial charge in [-0.25, -0.2) is 0 Å². The molecule has 0 aliphatic heterocycles. The molecular weight excluding hydrogens is 410 g/mol. The van der Waals surface area contributed by atoms with Gasteiger partial charge >= 0.3 is 5.97 Å². The number of aromatic nitrogens is 3. The Morgan fingerprint density at radius 3 is 2.66 bits per heavy atom. The van der Waals surface area contributed by atoms with Gasteiger partial charge in [0.15, 0.2) is 11.5 Å². The molecule has 2 aromatic heterocycles. The summed E-state index contributed by atoms with van der Waals surface area (Å²) >= 11 is 0. The summed E-state index contributed by atoms with van der Waals surface area (Å²) in [4.78, 5) is 15.6. The van der Waals surface area contributed by atoms with Crippen molar-refractivity contribution < 1.29 is 23.9 Å². The molecule has 0 unspecified atom stereocenters. The Labute approximate surface area is 185 Å². The zero-order chi connectivity index (χ0) is 22.7. The van der Waals surface area contributed by atoms with Crippen molar-refractivity contribution in [3.63, 3.8) is 0 Å². The normalized spacial score (nSPS) is 11.1. The van der Waals surface area contributed by atoms with Crippen LogP contribution in [0.5, 0.6) is 11.5 Å². The maximum Gasteiger partial charge on any atom is 0.303 e. The Morgan fingerprint density at radius 2 is 1.91 bits per heavy atom. The first-order valence-corrected chi connectivity index (χ1v) is 10.5. The minimum absolute atomic E-state index is 0.0790. The number of hydrogen-bond donors (Lipinski definition) is 1. The monoisotopic (exact) mass is 435 g/mol. The minimum atomic E-state index is -0.817. The first-order chi connectivity index (χ1) is 15.5. The standard InChI is InChI=1S/C24H25N3O5/c1-4-30-19-11-9-15(13-20(19)31-5-2)24-25-23(26-32-24)18-8-6-7-17-16(10-12-21(28)29)14-27(3)22(17)18/h6-9,11,13-14H,4-5,10,12H2,1-3H3,(H,28,29). The summed E-state index contributed by atoms with van der Waals surface area (Å²) in [6, 6.07) is 11.4. The molecule has 166 valence electrons. The Kier molecular flexibility index (Phi) is 6.11. The Hall–Kier alpha value is -3.81. The van der Waals surface area contributed by atoms with E-state index >= 15 is 0 Å². The molecule has 0 radical (unpaired) electrons. The van der Waals surface area contributed by atoms with Gasteiger partial charge < -0.3 is 23.7 Å². The molecule has 1 N–H and O–H groups in total. The van der Waals surface area contributed by atoms with Crippen LogP contribution in [0.1, 0.15) is 25.8 Å². The van der Waals surface area contributed by atoms with Gasteiger partial charge in [-0.05, 0) is 50.1 Å². The Balaban J connectivity index is 1.71. The molecule has 0 aliphatic rings. The molecule has 0 amide bonds. The fourth-order valence-electron chi connectivity index (χ4n) is 3.81. The van der Waals surface area contributed by atoms with Crippen LogP contribution in [0.2, 0.25) is 0 Å². The summed E-state index contributed by atoms with van der Waals surface area (Å²) in [5.41, 5.74) is 3.46. The van der Waals surface area contributed by atoms with E-state index in [0.717, 1.165) is 27.6 Å². The van der Waals surface area contributed by atoms with E-state index in [0.29, 0.717) is 42.8 Å². The number of benzene rings is 2. The van der Waals surface area contributed by atoms with Crippen LogP contribution in [0.4, 0.5) is 0 Å². The lowest BCUT2D eigenvalue weighted by Crippen LogP contribution is -1.98. The molecule has 2 heterocycles. The molecular formula is C24H25N3O5. The number of ether oxygens (including phenoxy) is 2. The van der Waals surface area contributed by atoms with E-state index in [1.807, 2.05) is 68.1 Å². The van der Waals surface area contributed by atoms with Gasteiger partial charge in [0.05, 0.1) is 18.7 Å². The van der Waals surface area contributed by atoms with Crippen molar-refractivity contribution in [3.05, 3.63) is 48.2 Å². The third kappa shape index (κ3) is 4.16. The maximum absolute atomic E-state index is 11.0. The number of carboxylic acid groups (broad SMARTS) is 1. The molecule has 32 heavy (non-hydrogen) atoms. The van der Waals surface area contributed by atoms with E-state index in [9.17, 15) is 4.79 Å². The van der Waals surface area contributed by atoms with Crippen LogP contribution in [-0.4, -0.2) is 39.0 Å². The fourth-order valence-corrected chi connectivity index (χ4v) is 3.81. The smallest absolute Gasteiger partial charge is 0.303 e. The number of hydrogen-bond acceptors (Lipinski definition) is 6. The predicted molar refractivity (Wildman–Crippen MR) is 120 cm³/mol. The average Bonchev–Trinajstić information content (AvgIpc) is 3.39. The topological polar surface area (TPSA) is 99.6 Å². The van der Waals surface area contributed by atoms with Gasteiger partial charge in [0, 0.05) is 36.2 Å². The van der Waals surface area contributed by atoms with E-state index in [1.165, 1.54) is 0 Å². The predicted octanol–water partition coefficient (Wildman–Crippen LogP) is 4.71. The van der Waals surface area contributed by atoms with Crippen molar-refractivity contribution in [2.45, 2.75) is 26.7 Å². The van der Waals surface area contributed by atoms with Gasteiger partial charge in [-0.3, -0.25) is 4.79 Å². The highest BCUT2D eigenvalue weighted by Crippen LogP contribution is 2.35. The summed E-state index contributed by atoms with van der Waals surface area (Å²) in [6.45, 7) is 4.89. The van der Waals surface area contributed by atoms with Gasteiger partial charge in [-0.1, -0.05) is 17.3 Å². The lowest BCUT2D eigenvalue weighted by atomic mass is 10.1. The van der Waals surface area contributed by atoms with Crippen LogP contribution in [0, 0.1) is 0 Å². The van der Waals surface area contributed by atoms with E-state index in [1.54, 1.807) is 0 Å². The molecule has 0 saturated carbocycles. The third-order valence-electron chi connectivity index (χ3n) is 5.15. The zero-order valence-electron chi connectivity index (χ0n) is 18.3. The molecule has 8 heteroatoms. The van der Waals surface area contributed by atoms with Crippen LogP contribution in [0.3, 0.4) is 0 Å². The summed E-state index contributed by atoms with van der Waals surface area (Å²) in [6.07, 6.45) is 2.49. The number of aliphatic carboxylic acids is 1. The Morgan fingerprint density at radius 1 is 1.12 bits per heavy atom. The summed E-state index contributed by atoms with van der Waals surface area (Å²) in [7, 11) is 1.93. The molecule has 0 bridgehead atoms. The maximum atomic E-state index is 11.0. The Bertz CT molecular complexity index is 1260. The van der Waals surface area contributed by atoms with Crippen LogP contribution in [0.15, 0.2) is 47.1 Å². The van der Waals surface area contributed by atoms with E-state index in [2.05, 4.69) is 10.1 Å². The molecule has 0 saturated heterocycles. The SMILES string of the molecule is CCOc1ccc(-c2nc(-c3cccc4c(CCC(=O)O)cn(C)c34)no2)cc1OCC. The van der Waals surface area contributed by atoms with Crippen molar-refractivity contribution in [3.8, 4) is 34.3 Å². The molecule has 4 rings (SSSR count). The average molecular weight is 435 g/mol. The highest BCUT2D eigenvalue weighted by Gasteiger charge is 2.18. The molecule has 0 aliphatic carbocycles. The third-order valence-corrected chi connectivity index (χ3v) is 5.15. The largest absolute Gasteiger partial charge is 0.490 e. The lowest BCUT2D eigenvalue weighted by Gasteiger charge is -2.11. The quantitative estimate of drug-likeness (QED) is 0.406. The molecule has 0 atom stereocenters. The first-order valence-electron chi connectivity index (χ1n) is 10.5. The van der Waals surface area contributed by atoms with E-state index in [4.69, 9.17) is 19.1 Å². The molecule has 0 fully saturated rings. The molecule has 0 spiro atoms. The van der Waals surface area contributed by atoms with Gasteiger partial charge in [-0.15, -0.1) is 0 Å². The van der Waals surface area contributed by atoms with Gasteiger partial charge in [-0.2, -0.15) is 4.98 Å². The van der Waals surface area contributed by atoms with Crippen LogP contribution < -0.4 is 9.47 Å². The van der Waals surface area contributed by atoms with Crippen molar-refractivity contribution in [2.24, 2.45) is 7.05 Å². The minimum Gasteiger partial charge on any atom is -0.490 e. The van der Waals surface area contributed by atoms with Crippen molar-refractivity contribution in [1.29, 1.82) is 0 Å². The van der Waals surface area contributed by atoms with Crippen molar-refractivity contribution in [1.82, 2.24) is 14.7 Å². The van der Waals surface area contributed by atoms with Gasteiger partial charge in [0.1, 0.15) is 0 Å². The second-order valence-corrected chi connectivity index (χ2v) is 7.31. The van der Waals surface area contributed by atoms with Crippen molar-refractivity contribution in [2.75, 3.05) is 13.2 Å². The number of carboxylic acids is 1. The van der Waals surface area contributed by atoms with Crippen LogP contribution >= 0.6 is 0 Å². The molecule has 4 aromatic rings. The number of nitrogens with zero attached hydrogens (tertiary/aromatic N) is 3. The highest BCUT2D eigenvalue weighted by atomic mass is 16.5. The van der Waals surface area contributed by atoms with Crippen LogP contribution in [0.25, 0.3) is 33.7 Å². The van der Waals surface area contributed by atoms with E-state index < -0.39 is 5.97 Å². The number of rotatable bonds is 9. The number of aryl methyl sites for hydroxylation is 2. The number of fused-ring (bicyclic) bond motifs is 1. The van der Waals surface area contributed by atoms with Crippen molar-refractivity contribution >= 4 is 16.9 Å². The summed E-state index contributed by atoms with van der Waals surface area (Å²) < 4.78 is 18.9. The lowest BCUT2D eigenvalue weighted by molar-refractivity contribution is -0.136. The first kappa shape index (κ1) is 21.4. The van der Waals surface area contributed by atoms with E-state index in [-0.39, 0.29) is 6.42 Å².